The SMILES string of the molecule is Cn1c(-c2ccccc2)nc2cc3c(cc21)-n1c2cc4c(cc2c2ccc5c(c21)B3N(c1ccc(C(C)(C)C)cc1)c1cc2oc3cc6c(cc3c2cc1-5)C(C)(C)CCC6(C)C)sc1ccccc14. The van der Waals surface area contributed by atoms with E-state index in [9.17, 15) is 0 Å². The van der Waals surface area contributed by atoms with Gasteiger partial charge in [-0.2, -0.15) is 0 Å². The molecular weight excluding hydrogens is 860 g/mol. The van der Waals surface area contributed by atoms with Crippen molar-refractivity contribution in [2.75, 3.05) is 4.81 Å². The number of fused-ring (bicyclic) bond motifs is 16. The van der Waals surface area contributed by atoms with Crippen molar-refractivity contribution < 1.29 is 4.42 Å². The molecule has 69 heavy (non-hydrogen) atoms. The van der Waals surface area contributed by atoms with Crippen LogP contribution in [0.2, 0.25) is 0 Å². The van der Waals surface area contributed by atoms with E-state index in [0.717, 1.165) is 51.4 Å². The number of thiophene rings is 1. The molecule has 0 fully saturated rings. The van der Waals surface area contributed by atoms with Gasteiger partial charge in [0.1, 0.15) is 17.0 Å². The molecule has 0 N–H and O–H groups in total. The number of hydrogen-bond donors (Lipinski definition) is 0. The highest BCUT2D eigenvalue weighted by atomic mass is 32.1. The standard InChI is InChI=1S/C62H51BN4OS/c1-60(2,3)35-18-20-36(21-19-35)67-50-33-54-42(43-27-45-46(30-53(43)68-54)62(6,7)25-24-61(45,4)5)26-40(50)38-22-23-39-41-29-56-44(37-16-12-13-17-55(37)69-56)28-49(41)66-51-32-52-48(31-47(51)63(67)57(38)58(39)66)64-59(65(52)8)34-14-10-9-11-15-34/h9-23,26-33H,24-25H2,1-8H3. The van der Waals surface area contributed by atoms with E-state index >= 15 is 0 Å². The van der Waals surface area contributed by atoms with E-state index in [1.807, 2.05) is 11.3 Å². The van der Waals surface area contributed by atoms with Crippen LogP contribution < -0.4 is 15.7 Å². The number of rotatable bonds is 2. The molecule has 12 aromatic rings. The monoisotopic (exact) mass is 910 g/mol. The van der Waals surface area contributed by atoms with E-state index in [4.69, 9.17) is 9.40 Å². The molecule has 0 unspecified atom stereocenters. The molecule has 0 bridgehead atoms. The van der Waals surface area contributed by atoms with Gasteiger partial charge in [-0.3, -0.25) is 0 Å². The van der Waals surface area contributed by atoms with Gasteiger partial charge in [0.25, 0.3) is 0 Å². The normalized spacial score (nSPS) is 15.9. The number of imidazole rings is 1. The summed E-state index contributed by atoms with van der Waals surface area (Å²) in [5.74, 6) is 0.962. The third-order valence-corrected chi connectivity index (χ3v) is 17.9. The quantitative estimate of drug-likeness (QED) is 0.162. The molecule has 4 aromatic heterocycles. The van der Waals surface area contributed by atoms with Crippen LogP contribution in [0.15, 0.2) is 144 Å². The van der Waals surface area contributed by atoms with Crippen LogP contribution in [-0.4, -0.2) is 21.0 Å². The minimum atomic E-state index is -0.159. The highest BCUT2D eigenvalue weighted by Crippen LogP contribution is 2.52. The molecule has 0 radical (unpaired) electrons. The van der Waals surface area contributed by atoms with Crippen LogP contribution >= 0.6 is 11.3 Å². The third kappa shape index (κ3) is 5.29. The van der Waals surface area contributed by atoms with Gasteiger partial charge < -0.3 is 18.4 Å². The smallest absolute Gasteiger partial charge is 0.333 e. The van der Waals surface area contributed by atoms with Gasteiger partial charge in [-0.1, -0.05) is 121 Å². The molecule has 1 aliphatic carbocycles. The first-order chi connectivity index (χ1) is 33.2. The summed E-state index contributed by atoms with van der Waals surface area (Å²) in [6.45, 7) is 16.4. The number of furan rings is 1. The van der Waals surface area contributed by atoms with Gasteiger partial charge >= 0.3 is 6.85 Å². The summed E-state index contributed by atoms with van der Waals surface area (Å²) in [7, 11) is 2.17. The zero-order chi connectivity index (χ0) is 46.6. The fourth-order valence-electron chi connectivity index (χ4n) is 12.9. The number of hydrogen-bond acceptors (Lipinski definition) is 4. The topological polar surface area (TPSA) is 39.1 Å². The Morgan fingerprint density at radius 3 is 2.12 bits per heavy atom. The van der Waals surface area contributed by atoms with Crippen LogP contribution in [0.3, 0.4) is 0 Å². The van der Waals surface area contributed by atoms with Gasteiger partial charge in [-0.25, -0.2) is 4.98 Å². The molecule has 7 heteroatoms. The van der Waals surface area contributed by atoms with Crippen LogP contribution in [0.1, 0.15) is 78.0 Å². The van der Waals surface area contributed by atoms with E-state index in [2.05, 4.69) is 209 Å². The fraction of sp³-hybridized carbons (Fsp3) is 0.210. The van der Waals surface area contributed by atoms with Gasteiger partial charge in [-0.15, -0.1) is 11.3 Å². The second-order valence-corrected chi connectivity index (χ2v) is 23.8. The molecule has 0 atom stereocenters. The van der Waals surface area contributed by atoms with E-state index in [1.54, 1.807) is 0 Å². The first-order valence-electron chi connectivity index (χ1n) is 24.7. The number of benzene rings is 8. The van der Waals surface area contributed by atoms with Gasteiger partial charge in [0, 0.05) is 83.0 Å². The Bertz CT molecular complexity index is 4250. The fourth-order valence-corrected chi connectivity index (χ4v) is 14.0. The number of nitrogens with zero attached hydrogens (tertiary/aromatic N) is 4. The summed E-state index contributed by atoms with van der Waals surface area (Å²) in [5.41, 5.74) is 20.6. The summed E-state index contributed by atoms with van der Waals surface area (Å²) in [4.78, 5) is 8.07. The number of anilines is 2. The van der Waals surface area contributed by atoms with Crippen LogP contribution in [0.4, 0.5) is 11.4 Å². The summed E-state index contributed by atoms with van der Waals surface area (Å²) in [5, 5.41) is 7.56. The predicted molar refractivity (Wildman–Crippen MR) is 294 cm³/mol. The van der Waals surface area contributed by atoms with E-state index in [1.165, 1.54) is 104 Å². The second-order valence-electron chi connectivity index (χ2n) is 22.7. The summed E-state index contributed by atoms with van der Waals surface area (Å²) < 4.78 is 14.6. The lowest BCUT2D eigenvalue weighted by molar-refractivity contribution is 0.332. The van der Waals surface area contributed by atoms with Crippen molar-refractivity contribution >= 4 is 115 Å². The second kappa shape index (κ2) is 13.2. The Morgan fingerprint density at radius 1 is 0.609 bits per heavy atom. The maximum absolute atomic E-state index is 7.08. The van der Waals surface area contributed by atoms with E-state index in [-0.39, 0.29) is 23.1 Å². The summed E-state index contributed by atoms with van der Waals surface area (Å²) in [6, 6.07) is 53.2. The highest BCUT2D eigenvalue weighted by Gasteiger charge is 2.45. The molecule has 0 saturated heterocycles. The molecular formula is C62H51BN4OS. The van der Waals surface area contributed by atoms with Crippen molar-refractivity contribution in [3.05, 3.63) is 156 Å². The van der Waals surface area contributed by atoms with Gasteiger partial charge in [-0.05, 0) is 123 Å². The Hall–Kier alpha value is -7.09. The highest BCUT2D eigenvalue weighted by molar-refractivity contribution is 7.25. The Balaban J connectivity index is 1.08. The van der Waals surface area contributed by atoms with Crippen molar-refractivity contribution in [3.63, 3.8) is 0 Å². The predicted octanol–water partition coefficient (Wildman–Crippen LogP) is 15.5. The van der Waals surface area contributed by atoms with Gasteiger partial charge in [0.15, 0.2) is 0 Å². The minimum absolute atomic E-state index is 0.0122. The molecule has 6 heterocycles. The first-order valence-corrected chi connectivity index (χ1v) is 25.5. The Kier molecular flexibility index (Phi) is 7.60. The van der Waals surface area contributed by atoms with Gasteiger partial charge in [0.05, 0.1) is 22.1 Å². The number of aryl methyl sites for hydroxylation is 1. The lowest BCUT2D eigenvalue weighted by atomic mass is 9.44. The van der Waals surface area contributed by atoms with E-state index in [0.29, 0.717) is 0 Å². The number of aromatic nitrogens is 3. The average molecular weight is 911 g/mol. The van der Waals surface area contributed by atoms with Crippen molar-refractivity contribution in [1.82, 2.24) is 14.1 Å². The van der Waals surface area contributed by atoms with Crippen LogP contribution in [0.5, 0.6) is 0 Å². The molecule has 334 valence electrons. The molecule has 5 nitrogen and oxygen atoms in total. The Labute approximate surface area is 405 Å². The molecule has 8 aromatic carbocycles. The average Bonchev–Trinajstić information content (AvgIpc) is 4.08. The lowest BCUT2D eigenvalue weighted by Gasteiger charge is -2.42. The summed E-state index contributed by atoms with van der Waals surface area (Å²) in [6.07, 6.45) is 2.33. The van der Waals surface area contributed by atoms with Crippen LogP contribution in [0, 0.1) is 0 Å². The van der Waals surface area contributed by atoms with Gasteiger partial charge in [0.2, 0.25) is 0 Å². The Morgan fingerprint density at radius 2 is 1.33 bits per heavy atom. The maximum Gasteiger partial charge on any atom is 0.333 e. The van der Waals surface area contributed by atoms with Crippen molar-refractivity contribution in [2.24, 2.45) is 7.05 Å². The molecule has 3 aliphatic rings. The van der Waals surface area contributed by atoms with Crippen molar-refractivity contribution in [2.45, 2.75) is 77.6 Å². The van der Waals surface area contributed by atoms with Crippen molar-refractivity contribution in [3.8, 4) is 28.2 Å². The van der Waals surface area contributed by atoms with Crippen molar-refractivity contribution in [1.29, 1.82) is 0 Å². The molecule has 15 rings (SSSR count). The lowest BCUT2D eigenvalue weighted by Crippen LogP contribution is -2.60. The zero-order valence-corrected chi connectivity index (χ0v) is 41.2. The first kappa shape index (κ1) is 39.9. The largest absolute Gasteiger partial charge is 0.456 e. The molecule has 0 amide bonds. The summed E-state index contributed by atoms with van der Waals surface area (Å²) >= 11 is 1.90. The van der Waals surface area contributed by atoms with Crippen LogP contribution in [0.25, 0.3) is 103 Å². The minimum Gasteiger partial charge on any atom is -0.456 e. The molecule has 0 spiro atoms. The maximum atomic E-state index is 7.08. The van der Waals surface area contributed by atoms with E-state index < -0.39 is 0 Å². The third-order valence-electron chi connectivity index (χ3n) is 16.7. The van der Waals surface area contributed by atoms with Crippen LogP contribution in [-0.2, 0) is 23.3 Å². The molecule has 2 aliphatic heterocycles. The molecule has 0 saturated carbocycles. The zero-order valence-electron chi connectivity index (χ0n) is 40.4.